The molecule has 1 amide bonds. The third kappa shape index (κ3) is 6.02. The first-order chi connectivity index (χ1) is 9.02. The molecule has 19 heavy (non-hydrogen) atoms. The molecule has 0 aliphatic heterocycles. The van der Waals surface area contributed by atoms with E-state index in [9.17, 15) is 9.59 Å². The molecule has 6 heteroatoms. The number of hydrogen-bond donors (Lipinski definition) is 2. The Hall–Kier alpha value is -1.15. The van der Waals surface area contributed by atoms with Crippen molar-refractivity contribution < 1.29 is 14.3 Å². The molecule has 0 aromatic heterocycles. The van der Waals surface area contributed by atoms with Crippen molar-refractivity contribution in [1.29, 1.82) is 0 Å². The molecule has 0 fully saturated rings. The largest absolute Gasteiger partial charge is 0.469 e. The summed E-state index contributed by atoms with van der Waals surface area (Å²) in [5.41, 5.74) is 6.70. The summed E-state index contributed by atoms with van der Waals surface area (Å²) in [6.07, 6.45) is 0.430. The molecule has 0 saturated heterocycles. The number of nitrogens with one attached hydrogen (secondary N) is 1. The second kappa shape index (κ2) is 8.11. The topological polar surface area (TPSA) is 81.4 Å². The van der Waals surface area contributed by atoms with Crippen LogP contribution in [-0.2, 0) is 20.9 Å². The van der Waals surface area contributed by atoms with Gasteiger partial charge in [0, 0.05) is 16.5 Å². The van der Waals surface area contributed by atoms with Crippen LogP contribution in [0.2, 0.25) is 0 Å². The summed E-state index contributed by atoms with van der Waals surface area (Å²) in [6.45, 7) is 0.432. The number of hydrogen-bond acceptors (Lipinski definition) is 4. The number of carbonyl (C=O) groups excluding carboxylic acids is 2. The zero-order chi connectivity index (χ0) is 14.3. The van der Waals surface area contributed by atoms with Gasteiger partial charge in [0.1, 0.15) is 0 Å². The monoisotopic (exact) mass is 376 g/mol. The van der Waals surface area contributed by atoms with Gasteiger partial charge in [-0.3, -0.25) is 9.59 Å². The van der Waals surface area contributed by atoms with Crippen LogP contribution in [0.5, 0.6) is 0 Å². The van der Waals surface area contributed by atoms with E-state index in [-0.39, 0.29) is 24.7 Å². The molecule has 1 rings (SSSR count). The van der Waals surface area contributed by atoms with E-state index in [4.69, 9.17) is 5.73 Å². The highest BCUT2D eigenvalue weighted by Gasteiger charge is 2.14. The standard InChI is InChI=1S/C13H17IN2O3/c1-19-12(17)7-6-11(15)13(18)16-8-9-2-4-10(14)5-3-9/h2-5,11H,6-8,15H2,1H3,(H,16,18). The molecule has 0 heterocycles. The number of rotatable bonds is 6. The van der Waals surface area contributed by atoms with Gasteiger partial charge in [-0.2, -0.15) is 0 Å². The third-order valence-corrected chi connectivity index (χ3v) is 3.32. The van der Waals surface area contributed by atoms with Crippen LogP contribution in [0.3, 0.4) is 0 Å². The molecule has 0 saturated carbocycles. The van der Waals surface area contributed by atoms with Crippen LogP contribution in [0.4, 0.5) is 0 Å². The van der Waals surface area contributed by atoms with E-state index in [1.807, 2.05) is 24.3 Å². The van der Waals surface area contributed by atoms with Crippen LogP contribution < -0.4 is 11.1 Å². The van der Waals surface area contributed by atoms with Crippen LogP contribution in [-0.4, -0.2) is 25.0 Å². The average molecular weight is 376 g/mol. The van der Waals surface area contributed by atoms with Crippen LogP contribution in [0.15, 0.2) is 24.3 Å². The lowest BCUT2D eigenvalue weighted by Gasteiger charge is -2.11. The van der Waals surface area contributed by atoms with Gasteiger partial charge in [0.2, 0.25) is 5.91 Å². The fourth-order valence-electron chi connectivity index (χ4n) is 1.43. The van der Waals surface area contributed by atoms with Gasteiger partial charge in [-0.1, -0.05) is 12.1 Å². The lowest BCUT2D eigenvalue weighted by Crippen LogP contribution is -2.40. The molecule has 0 radical (unpaired) electrons. The predicted octanol–water partition coefficient (Wildman–Crippen LogP) is 1.19. The molecule has 3 N–H and O–H groups in total. The Bertz CT molecular complexity index is 434. The summed E-state index contributed by atoms with van der Waals surface area (Å²) < 4.78 is 5.64. The molecule has 1 unspecified atom stereocenters. The second-order valence-corrected chi connectivity index (χ2v) is 5.31. The maximum Gasteiger partial charge on any atom is 0.305 e. The smallest absolute Gasteiger partial charge is 0.305 e. The Morgan fingerprint density at radius 1 is 1.37 bits per heavy atom. The zero-order valence-corrected chi connectivity index (χ0v) is 12.8. The SMILES string of the molecule is COC(=O)CCC(N)C(=O)NCc1ccc(I)cc1. The highest BCUT2D eigenvalue weighted by atomic mass is 127. The normalized spacial score (nSPS) is 11.7. The number of carbonyl (C=O) groups is 2. The second-order valence-electron chi connectivity index (χ2n) is 4.07. The fourth-order valence-corrected chi connectivity index (χ4v) is 1.79. The van der Waals surface area contributed by atoms with Crippen LogP contribution in [0.1, 0.15) is 18.4 Å². The molecule has 0 spiro atoms. The number of nitrogens with two attached hydrogens (primary N) is 1. The van der Waals surface area contributed by atoms with Crippen molar-refractivity contribution >= 4 is 34.5 Å². The van der Waals surface area contributed by atoms with Crippen LogP contribution in [0, 0.1) is 3.57 Å². The van der Waals surface area contributed by atoms with E-state index in [2.05, 4.69) is 32.6 Å². The van der Waals surface area contributed by atoms with Gasteiger partial charge in [-0.25, -0.2) is 0 Å². The van der Waals surface area contributed by atoms with Gasteiger partial charge in [0.15, 0.2) is 0 Å². The number of ether oxygens (including phenoxy) is 1. The van der Waals surface area contributed by atoms with Crippen molar-refractivity contribution in [3.05, 3.63) is 33.4 Å². The molecular weight excluding hydrogens is 359 g/mol. The Morgan fingerprint density at radius 2 is 2.00 bits per heavy atom. The predicted molar refractivity (Wildman–Crippen MR) is 80.2 cm³/mol. The number of amides is 1. The summed E-state index contributed by atoms with van der Waals surface area (Å²) in [5, 5.41) is 2.74. The van der Waals surface area contributed by atoms with Crippen molar-refractivity contribution in [2.75, 3.05) is 7.11 Å². The summed E-state index contributed by atoms with van der Waals surface area (Å²) in [4.78, 5) is 22.6. The molecule has 104 valence electrons. The summed E-state index contributed by atoms with van der Waals surface area (Å²) in [7, 11) is 1.31. The minimum Gasteiger partial charge on any atom is -0.469 e. The Labute approximate surface area is 126 Å². The maximum absolute atomic E-state index is 11.7. The van der Waals surface area contributed by atoms with E-state index in [1.165, 1.54) is 7.11 Å². The Morgan fingerprint density at radius 3 is 2.58 bits per heavy atom. The Kier molecular flexibility index (Phi) is 6.79. The molecule has 0 bridgehead atoms. The maximum atomic E-state index is 11.7. The minimum absolute atomic E-state index is 0.147. The number of benzene rings is 1. The Balaban J connectivity index is 2.34. The summed E-state index contributed by atoms with van der Waals surface area (Å²) in [5.74, 6) is -0.622. The zero-order valence-electron chi connectivity index (χ0n) is 10.7. The molecule has 1 aromatic carbocycles. The van der Waals surface area contributed by atoms with Gasteiger partial charge in [-0.15, -0.1) is 0 Å². The quantitative estimate of drug-likeness (QED) is 0.577. The molecule has 5 nitrogen and oxygen atoms in total. The van der Waals surface area contributed by atoms with Gasteiger partial charge in [0.05, 0.1) is 13.2 Å². The van der Waals surface area contributed by atoms with E-state index >= 15 is 0 Å². The van der Waals surface area contributed by atoms with E-state index in [0.717, 1.165) is 9.13 Å². The molecule has 1 aromatic rings. The third-order valence-electron chi connectivity index (χ3n) is 2.60. The van der Waals surface area contributed by atoms with Crippen LogP contribution in [0.25, 0.3) is 0 Å². The van der Waals surface area contributed by atoms with Crippen molar-refractivity contribution in [2.45, 2.75) is 25.4 Å². The lowest BCUT2D eigenvalue weighted by atomic mass is 10.1. The first-order valence-electron chi connectivity index (χ1n) is 5.87. The van der Waals surface area contributed by atoms with Gasteiger partial charge >= 0.3 is 5.97 Å². The molecule has 0 aliphatic rings. The van der Waals surface area contributed by atoms with Crippen molar-refractivity contribution in [1.82, 2.24) is 5.32 Å². The van der Waals surface area contributed by atoms with E-state index in [0.29, 0.717) is 6.54 Å². The van der Waals surface area contributed by atoms with Gasteiger partial charge in [0.25, 0.3) is 0 Å². The van der Waals surface area contributed by atoms with Crippen molar-refractivity contribution in [3.63, 3.8) is 0 Å². The number of halogens is 1. The highest BCUT2D eigenvalue weighted by molar-refractivity contribution is 14.1. The first-order valence-corrected chi connectivity index (χ1v) is 6.95. The average Bonchev–Trinajstić information content (AvgIpc) is 2.43. The summed E-state index contributed by atoms with van der Waals surface area (Å²) >= 11 is 2.22. The van der Waals surface area contributed by atoms with Gasteiger partial charge < -0.3 is 15.8 Å². The lowest BCUT2D eigenvalue weighted by molar-refractivity contribution is -0.140. The first kappa shape index (κ1) is 15.9. The number of esters is 1. The minimum atomic E-state index is -0.692. The van der Waals surface area contributed by atoms with Gasteiger partial charge in [-0.05, 0) is 46.7 Å². The van der Waals surface area contributed by atoms with Crippen molar-refractivity contribution in [3.8, 4) is 0 Å². The molecular formula is C13H17IN2O3. The highest BCUT2D eigenvalue weighted by Crippen LogP contribution is 2.06. The van der Waals surface area contributed by atoms with E-state index < -0.39 is 6.04 Å². The molecule has 1 atom stereocenters. The fraction of sp³-hybridized carbons (Fsp3) is 0.385. The summed E-state index contributed by atoms with van der Waals surface area (Å²) in [6, 6.07) is 7.14. The van der Waals surface area contributed by atoms with Crippen molar-refractivity contribution in [2.24, 2.45) is 5.73 Å². The van der Waals surface area contributed by atoms with Crippen LogP contribution >= 0.6 is 22.6 Å². The number of methoxy groups -OCH3 is 1. The van der Waals surface area contributed by atoms with E-state index in [1.54, 1.807) is 0 Å². The molecule has 0 aliphatic carbocycles.